The average molecular weight is 232 g/mol. The summed E-state index contributed by atoms with van der Waals surface area (Å²) in [5.74, 6) is 0. The molecule has 0 unspecified atom stereocenters. The molecule has 0 spiro atoms. The Morgan fingerprint density at radius 3 is 1.20 bits per heavy atom. The van der Waals surface area contributed by atoms with Gasteiger partial charge in [-0.15, -0.1) is 0 Å². The van der Waals surface area contributed by atoms with Gasteiger partial charge in [-0.1, -0.05) is 0 Å². The molecule has 71 valence electrons. The van der Waals surface area contributed by atoms with Crippen molar-refractivity contribution in [3.8, 4) is 0 Å². The van der Waals surface area contributed by atoms with Crippen molar-refractivity contribution < 1.29 is 52.7 Å². The minimum atomic E-state index is 0. The molecule has 0 aliphatic carbocycles. The fourth-order valence-corrected chi connectivity index (χ4v) is 1.99. The van der Waals surface area contributed by atoms with E-state index in [9.17, 15) is 0 Å². The zero-order valence-electron chi connectivity index (χ0n) is 9.08. The van der Waals surface area contributed by atoms with Crippen LogP contribution in [0.5, 0.6) is 0 Å². The van der Waals surface area contributed by atoms with Crippen LogP contribution >= 0.6 is 0 Å². The first-order valence-corrected chi connectivity index (χ1v) is 5.06. The van der Waals surface area contributed by atoms with Gasteiger partial charge in [-0.05, 0) is 0 Å². The molecule has 0 radical (unpaired) electrons. The maximum absolute atomic E-state index is 2.12. The fraction of sp³-hybridized carbons (Fsp3) is 0. The van der Waals surface area contributed by atoms with Crippen molar-refractivity contribution in [1.29, 1.82) is 0 Å². The Morgan fingerprint density at radius 1 is 0.533 bits per heavy atom. The van der Waals surface area contributed by atoms with Crippen LogP contribution in [-0.4, -0.2) is 0 Å². The van der Waals surface area contributed by atoms with E-state index >= 15 is 0 Å². The number of rotatable bonds is 2. The molecular weight excluding hydrogens is 222 g/mol. The van der Waals surface area contributed by atoms with E-state index in [0.29, 0.717) is 0 Å². The summed E-state index contributed by atoms with van der Waals surface area (Å²) in [5.41, 5.74) is 0. The van der Waals surface area contributed by atoms with Crippen LogP contribution in [0.15, 0.2) is 60.7 Å². The molecule has 0 aliphatic rings. The van der Waals surface area contributed by atoms with Crippen LogP contribution < -0.4 is 46.6 Å². The van der Waals surface area contributed by atoms with Gasteiger partial charge in [0.1, 0.15) is 0 Å². The monoisotopic (exact) mass is 231 g/mol. The van der Waals surface area contributed by atoms with Crippen molar-refractivity contribution in [2.45, 2.75) is 0 Å². The molecule has 3 heteroatoms. The van der Waals surface area contributed by atoms with Crippen molar-refractivity contribution in [3.05, 3.63) is 60.7 Å². The van der Waals surface area contributed by atoms with Gasteiger partial charge >= 0.3 is 122 Å². The van der Waals surface area contributed by atoms with Crippen molar-refractivity contribution in [3.63, 3.8) is 0 Å². The standard InChI is InChI=1S/2C6H5.Cu.2Li/c2*1-2-4-6-5-3-1;;;/h2*1-5H;;;/q;;-2;2*+1. The van der Waals surface area contributed by atoms with E-state index in [1.165, 1.54) is 8.92 Å². The van der Waals surface area contributed by atoms with Gasteiger partial charge < -0.3 is 0 Å². The average Bonchev–Trinajstić information content (AvgIpc) is 2.21. The molecule has 0 N–H and O–H groups in total. The second-order valence-corrected chi connectivity index (χ2v) is 3.90. The van der Waals surface area contributed by atoms with Gasteiger partial charge in [-0.25, -0.2) is 0 Å². The first-order chi connectivity index (χ1) is 6.45. The molecule has 2 aromatic carbocycles. The zero-order chi connectivity index (χ0) is 8.93. The van der Waals surface area contributed by atoms with Crippen LogP contribution in [0.1, 0.15) is 0 Å². The third-order valence-electron chi connectivity index (χ3n) is 1.59. The molecule has 0 atom stereocenters. The fourth-order valence-electron chi connectivity index (χ4n) is 1.00. The summed E-state index contributed by atoms with van der Waals surface area (Å²) in [6.45, 7) is 0. The second kappa shape index (κ2) is 8.32. The van der Waals surface area contributed by atoms with Gasteiger partial charge in [0.05, 0.1) is 0 Å². The summed E-state index contributed by atoms with van der Waals surface area (Å²) < 4.78 is 2.55. The summed E-state index contributed by atoms with van der Waals surface area (Å²) in [4.78, 5) is 0. The molecular formula is C12H10CuLi2. The zero-order valence-corrected chi connectivity index (χ0v) is 10.0. The van der Waals surface area contributed by atoms with Gasteiger partial charge in [-0.3, -0.25) is 0 Å². The van der Waals surface area contributed by atoms with Crippen LogP contribution in [-0.2, 0) is 15.0 Å². The maximum atomic E-state index is 2.12. The normalized spacial score (nSPS) is 8.80. The molecule has 0 nitrogen and oxygen atoms in total. The molecule has 0 saturated heterocycles. The summed E-state index contributed by atoms with van der Waals surface area (Å²) in [6, 6.07) is 20.8. The van der Waals surface area contributed by atoms with E-state index in [1.807, 2.05) is 27.1 Å². The molecule has 0 fully saturated rings. The minimum absolute atomic E-state index is 0. The van der Waals surface area contributed by atoms with E-state index < -0.39 is 0 Å². The summed E-state index contributed by atoms with van der Waals surface area (Å²) >= 11 is 1.88. The Kier molecular flexibility index (Phi) is 8.41. The van der Waals surface area contributed by atoms with Gasteiger partial charge in [0.15, 0.2) is 0 Å². The molecule has 0 saturated carbocycles. The van der Waals surface area contributed by atoms with E-state index in [1.54, 1.807) is 0 Å². The quantitative estimate of drug-likeness (QED) is 0.459. The van der Waals surface area contributed by atoms with Crippen molar-refractivity contribution in [2.24, 2.45) is 0 Å². The molecule has 2 aromatic rings. The molecule has 0 amide bonds. The van der Waals surface area contributed by atoms with Crippen LogP contribution in [0.2, 0.25) is 0 Å². The molecule has 0 bridgehead atoms. The summed E-state index contributed by atoms with van der Waals surface area (Å²) in [7, 11) is 0. The predicted octanol–water partition coefficient (Wildman–Crippen LogP) is -4.27. The first kappa shape index (κ1) is 15.2. The van der Waals surface area contributed by atoms with Crippen molar-refractivity contribution >= 4 is 8.92 Å². The van der Waals surface area contributed by atoms with Crippen molar-refractivity contribution in [2.75, 3.05) is 0 Å². The van der Waals surface area contributed by atoms with Crippen LogP contribution in [0.4, 0.5) is 0 Å². The Bertz CT molecular complexity index is 324. The number of hydrogen-bond donors (Lipinski definition) is 0. The molecule has 2 rings (SSSR count). The van der Waals surface area contributed by atoms with Crippen LogP contribution in [0.25, 0.3) is 0 Å². The van der Waals surface area contributed by atoms with Crippen molar-refractivity contribution in [1.82, 2.24) is 0 Å². The van der Waals surface area contributed by atoms with E-state index in [-0.39, 0.29) is 37.7 Å². The first-order valence-electron chi connectivity index (χ1n) is 4.12. The topological polar surface area (TPSA) is 0 Å². The van der Waals surface area contributed by atoms with Crippen LogP contribution in [0, 0.1) is 0 Å². The SMILES string of the molecule is [Li+].[Li+].c1cc[c]([Cu-2][c]2ccccc2)cc1. The Morgan fingerprint density at radius 2 is 0.867 bits per heavy atom. The van der Waals surface area contributed by atoms with Gasteiger partial charge in [0, 0.05) is 0 Å². The van der Waals surface area contributed by atoms with E-state index in [2.05, 4.69) is 48.5 Å². The molecule has 15 heavy (non-hydrogen) atoms. The van der Waals surface area contributed by atoms with Crippen LogP contribution in [0.3, 0.4) is 0 Å². The van der Waals surface area contributed by atoms with Gasteiger partial charge in [-0.2, -0.15) is 0 Å². The third-order valence-corrected chi connectivity index (χ3v) is 2.76. The van der Waals surface area contributed by atoms with E-state index in [4.69, 9.17) is 0 Å². The van der Waals surface area contributed by atoms with E-state index in [0.717, 1.165) is 0 Å². The van der Waals surface area contributed by atoms with Gasteiger partial charge in [0.2, 0.25) is 0 Å². The second-order valence-electron chi connectivity index (χ2n) is 2.58. The van der Waals surface area contributed by atoms with Gasteiger partial charge in [0.25, 0.3) is 0 Å². The molecule has 0 aromatic heterocycles. The third kappa shape index (κ3) is 5.15. The Balaban J connectivity index is 0.000000980. The Labute approximate surface area is 121 Å². The predicted molar refractivity (Wildman–Crippen MR) is 52.2 cm³/mol. The Hall–Kier alpha value is 0.154. The summed E-state index contributed by atoms with van der Waals surface area (Å²) in [5, 5.41) is 0. The molecule has 0 aliphatic heterocycles. The molecule has 0 heterocycles. The summed E-state index contributed by atoms with van der Waals surface area (Å²) in [6.07, 6.45) is 0. The number of hydrogen-bond acceptors (Lipinski definition) is 0. The number of benzene rings is 2.